The molecule has 0 aromatic carbocycles. The van der Waals surface area contributed by atoms with Crippen molar-refractivity contribution in [1.82, 2.24) is 0 Å². The van der Waals surface area contributed by atoms with Gasteiger partial charge >= 0.3 is 5.97 Å². The van der Waals surface area contributed by atoms with Crippen LogP contribution in [0.1, 0.15) is 207 Å². The average molecular weight is 885 g/mol. The Morgan fingerprint density at radius 3 is 1.43 bits per heavy atom. The van der Waals surface area contributed by atoms with E-state index in [1.165, 1.54) is 135 Å². The first-order valence-corrected chi connectivity index (χ1v) is 26.6. The third-order valence-electron chi connectivity index (χ3n) is 11.2. The van der Waals surface area contributed by atoms with Gasteiger partial charge < -0.3 is 44.9 Å². The summed E-state index contributed by atoms with van der Waals surface area (Å²) in [6, 6.07) is 0. The molecule has 1 saturated heterocycles. The van der Waals surface area contributed by atoms with Gasteiger partial charge in [0.1, 0.15) is 31.0 Å². The van der Waals surface area contributed by atoms with Crippen molar-refractivity contribution in [3.8, 4) is 0 Å². The molecule has 0 amide bonds. The van der Waals surface area contributed by atoms with Crippen molar-refractivity contribution in [2.75, 3.05) is 26.4 Å². The smallest absolute Gasteiger partial charge is 0.305 e. The fourth-order valence-corrected chi connectivity index (χ4v) is 7.29. The van der Waals surface area contributed by atoms with E-state index in [-0.39, 0.29) is 37.8 Å². The SMILES string of the molecule is C/[Si](O)=C\O.CCCCCCCCC=CCC(CC=CCCCCCCCC)(C/C=C/CCCCCCCC)CCCCCC(=O)OC[C@@H](O)C1OCC(O)C1O.OCCO. The van der Waals surface area contributed by atoms with Gasteiger partial charge in [-0.1, -0.05) is 166 Å². The minimum Gasteiger partial charge on any atom is -0.564 e. The highest BCUT2D eigenvalue weighted by molar-refractivity contribution is 6.55. The number of rotatable bonds is 37. The molecule has 0 bridgehead atoms. The van der Waals surface area contributed by atoms with Gasteiger partial charge in [-0.3, -0.25) is 4.79 Å². The van der Waals surface area contributed by atoms with Crippen molar-refractivity contribution < 1.29 is 49.7 Å². The lowest BCUT2D eigenvalue weighted by atomic mass is 9.73. The van der Waals surface area contributed by atoms with Gasteiger partial charge in [-0.2, -0.15) is 0 Å². The first-order chi connectivity index (χ1) is 29.6. The number of unbranched alkanes of at least 4 members (excludes halogenated alkanes) is 20. The summed E-state index contributed by atoms with van der Waals surface area (Å²) in [6.45, 7) is 7.88. The highest BCUT2D eigenvalue weighted by atomic mass is 28.3. The van der Waals surface area contributed by atoms with E-state index in [1.807, 2.05) is 0 Å². The molecule has 4 atom stereocenters. The average Bonchev–Trinajstić information content (AvgIpc) is 3.60. The molecule has 0 spiro atoms. The molecule has 1 heterocycles. The number of allylic oxidation sites excluding steroid dienone is 6. The monoisotopic (exact) mass is 885 g/mol. The van der Waals surface area contributed by atoms with Gasteiger partial charge in [0, 0.05) is 6.42 Å². The van der Waals surface area contributed by atoms with Crippen LogP contribution < -0.4 is 0 Å². The van der Waals surface area contributed by atoms with Crippen molar-refractivity contribution in [3.63, 3.8) is 0 Å². The third-order valence-corrected chi connectivity index (χ3v) is 11.6. The number of hydrogen-bond acceptors (Lipinski definition) is 10. The van der Waals surface area contributed by atoms with Gasteiger partial charge in [0.25, 0.3) is 8.65 Å². The Morgan fingerprint density at radius 1 is 0.672 bits per heavy atom. The molecule has 0 aromatic rings. The number of carbonyl (C=O) groups excluding carboxylic acids is 1. The zero-order chi connectivity index (χ0) is 45.7. The molecule has 61 heavy (non-hydrogen) atoms. The van der Waals surface area contributed by atoms with E-state index in [0.717, 1.165) is 50.8 Å². The number of aliphatic hydroxyl groups excluding tert-OH is 6. The second kappa shape index (κ2) is 46.1. The van der Waals surface area contributed by atoms with Gasteiger partial charge in [0.15, 0.2) is 0 Å². The Hall–Kier alpha value is -1.86. The summed E-state index contributed by atoms with van der Waals surface area (Å²) in [4.78, 5) is 20.6. The largest absolute Gasteiger partial charge is 0.564 e. The lowest BCUT2D eigenvalue weighted by Crippen LogP contribution is -2.41. The Morgan fingerprint density at radius 2 is 1.07 bits per heavy atom. The number of esters is 1. The lowest BCUT2D eigenvalue weighted by molar-refractivity contribution is -0.151. The predicted molar refractivity (Wildman–Crippen MR) is 255 cm³/mol. The summed E-state index contributed by atoms with van der Waals surface area (Å²) in [5.74, 6) is 0.483. The molecule has 3 unspecified atom stereocenters. The van der Waals surface area contributed by atoms with Crippen LogP contribution in [-0.4, -0.2) is 107 Å². The molecule has 0 radical (unpaired) electrons. The van der Waals surface area contributed by atoms with Crippen molar-refractivity contribution in [3.05, 3.63) is 36.5 Å². The predicted octanol–water partition coefficient (Wildman–Crippen LogP) is 10.3. The molecule has 1 rings (SSSR count). The van der Waals surface area contributed by atoms with Gasteiger partial charge in [-0.25, -0.2) is 0 Å². The van der Waals surface area contributed by atoms with Crippen LogP contribution in [0.2, 0.25) is 6.55 Å². The fourth-order valence-electron chi connectivity index (χ4n) is 7.29. The summed E-state index contributed by atoms with van der Waals surface area (Å²) >= 11 is 0. The van der Waals surface area contributed by atoms with Crippen LogP contribution in [0.15, 0.2) is 36.5 Å². The standard InChI is InChI=1S/C46H84O6.C2H6O2Si.C2H6O2/c1-4-7-10-13-16-19-22-25-30-35-46(36-31-26-23-20-17-14-11-8-5-2,37-32-27-24-21-18-15-12-9-6-3)38-33-28-29-34-43(49)51-40-42(48)45-44(50)41(47)39-52-45;1-5(4)2-3;3-1-2-4/h25-27,30-32,41-42,44-45,47-48,50H,4-24,28-29,33-40H2,1-3H3;2-4H,1H3;3-4H,1-2H2/b30-25+,31-26?,32-27?;5-2+;/t41?,42-,44?,45?,46?;;/m1../s1. The topological polar surface area (TPSA) is 177 Å². The second-order valence-corrected chi connectivity index (χ2v) is 18.6. The Balaban J connectivity index is 0. The van der Waals surface area contributed by atoms with E-state index in [1.54, 1.807) is 6.55 Å². The van der Waals surface area contributed by atoms with Crippen LogP contribution >= 0.6 is 0 Å². The quantitative estimate of drug-likeness (QED) is 0.0138. The first kappa shape index (κ1) is 61.2. The molecule has 0 saturated carbocycles. The van der Waals surface area contributed by atoms with Crippen LogP contribution in [0, 0.1) is 5.41 Å². The summed E-state index contributed by atoms with van der Waals surface area (Å²) < 4.78 is 10.6. The van der Waals surface area contributed by atoms with Gasteiger partial charge in [-0.05, 0) is 82.6 Å². The fraction of sp³-hybridized carbons (Fsp3) is 0.840. The Bertz CT molecular complexity index is 990. The van der Waals surface area contributed by atoms with Crippen molar-refractivity contribution in [1.29, 1.82) is 0 Å². The first-order valence-electron chi connectivity index (χ1n) is 24.6. The maximum absolute atomic E-state index is 12.5. The highest BCUT2D eigenvalue weighted by Gasteiger charge is 2.39. The van der Waals surface area contributed by atoms with Crippen LogP contribution in [0.5, 0.6) is 0 Å². The second-order valence-electron chi connectivity index (χ2n) is 17.1. The lowest BCUT2D eigenvalue weighted by Gasteiger charge is -2.31. The zero-order valence-corrected chi connectivity index (χ0v) is 40.5. The molecule has 360 valence electrons. The Kier molecular flexibility index (Phi) is 46.3. The number of aliphatic hydroxyl groups is 6. The molecule has 1 fully saturated rings. The Labute approximate surface area is 375 Å². The summed E-state index contributed by atoms with van der Waals surface area (Å²) in [7, 11) is -1.44. The van der Waals surface area contributed by atoms with Crippen LogP contribution in [0.3, 0.4) is 0 Å². The van der Waals surface area contributed by atoms with Crippen LogP contribution in [-0.2, 0) is 14.3 Å². The van der Waals surface area contributed by atoms with E-state index >= 15 is 0 Å². The van der Waals surface area contributed by atoms with Crippen molar-refractivity contribution >= 4 is 20.5 Å². The molecule has 10 nitrogen and oxygen atoms in total. The molecular weight excluding hydrogens is 789 g/mol. The maximum atomic E-state index is 12.5. The van der Waals surface area contributed by atoms with Crippen molar-refractivity contribution in [2.45, 2.75) is 238 Å². The van der Waals surface area contributed by atoms with Gasteiger partial charge in [0.2, 0.25) is 0 Å². The number of hydrogen-bond donors (Lipinski definition) is 7. The van der Waals surface area contributed by atoms with Crippen molar-refractivity contribution in [2.24, 2.45) is 5.41 Å². The summed E-state index contributed by atoms with van der Waals surface area (Å²) in [5, 5.41) is 53.0. The van der Waals surface area contributed by atoms with E-state index < -0.39 is 33.1 Å². The number of ether oxygens (including phenoxy) is 2. The van der Waals surface area contributed by atoms with E-state index in [4.69, 9.17) is 29.6 Å². The molecule has 7 N–H and O–H groups in total. The minimum atomic E-state index is -1.44. The molecule has 11 heteroatoms. The van der Waals surface area contributed by atoms with Gasteiger partial charge in [-0.15, -0.1) is 0 Å². The molecule has 0 aliphatic carbocycles. The van der Waals surface area contributed by atoms with Gasteiger partial charge in [0.05, 0.1) is 25.7 Å². The summed E-state index contributed by atoms with van der Waals surface area (Å²) in [5.41, 5.74) is 0.185. The minimum absolute atomic E-state index is 0.0307. The summed E-state index contributed by atoms with van der Waals surface area (Å²) in [6.07, 6.45) is 45.4. The third kappa shape index (κ3) is 39.5. The maximum Gasteiger partial charge on any atom is 0.305 e. The highest BCUT2D eigenvalue weighted by Crippen LogP contribution is 2.39. The molecule has 1 aliphatic heterocycles. The van der Waals surface area contributed by atoms with E-state index in [0.29, 0.717) is 6.42 Å². The molecule has 0 aromatic heterocycles. The normalized spacial score (nSPS) is 18.2. The zero-order valence-electron chi connectivity index (χ0n) is 39.5. The number of carbonyl (C=O) groups is 1. The molecular formula is C50H96O10Si. The van der Waals surface area contributed by atoms with E-state index in [2.05, 4.69) is 57.2 Å². The van der Waals surface area contributed by atoms with Crippen LogP contribution in [0.25, 0.3) is 0 Å². The van der Waals surface area contributed by atoms with Crippen LogP contribution in [0.4, 0.5) is 0 Å². The van der Waals surface area contributed by atoms with E-state index in [9.17, 15) is 20.1 Å². The molecule has 1 aliphatic rings.